The SMILES string of the molecule is CC1(C)N=C(SCC2=CCCC=C2)N(c2ccc(C#N)c(C(F)(F)F)c2)C1=O. The molecule has 4 nitrogen and oxygen atoms in total. The number of allylic oxidation sites excluding steroid dienone is 3. The second-order valence-electron chi connectivity index (χ2n) is 6.98. The molecule has 0 bridgehead atoms. The zero-order valence-electron chi connectivity index (χ0n) is 15.4. The van der Waals surface area contributed by atoms with Crippen LogP contribution in [-0.2, 0) is 11.0 Å². The van der Waals surface area contributed by atoms with Crippen molar-refractivity contribution in [3.63, 3.8) is 0 Å². The molecule has 0 fully saturated rings. The number of amidine groups is 1. The molecule has 0 atom stereocenters. The fraction of sp³-hybridized carbons (Fsp3) is 0.350. The normalized spacial score (nSPS) is 18.7. The lowest BCUT2D eigenvalue weighted by Gasteiger charge is -2.22. The summed E-state index contributed by atoms with van der Waals surface area (Å²) in [6, 6.07) is 4.83. The summed E-state index contributed by atoms with van der Waals surface area (Å²) in [7, 11) is 0. The molecule has 1 aliphatic carbocycles. The molecule has 0 saturated heterocycles. The third-order valence-electron chi connectivity index (χ3n) is 4.42. The summed E-state index contributed by atoms with van der Waals surface area (Å²) in [5.41, 5.74) is -1.46. The minimum Gasteiger partial charge on any atom is -0.271 e. The molecule has 1 aromatic carbocycles. The number of amides is 1. The molecular formula is C20H18F3N3OS. The first-order valence-corrected chi connectivity index (χ1v) is 9.66. The number of aliphatic imine (C=N–C) groups is 1. The summed E-state index contributed by atoms with van der Waals surface area (Å²) in [6.45, 7) is 3.26. The van der Waals surface area contributed by atoms with E-state index in [9.17, 15) is 18.0 Å². The molecule has 2 aliphatic rings. The molecule has 0 spiro atoms. The first-order valence-electron chi connectivity index (χ1n) is 8.67. The summed E-state index contributed by atoms with van der Waals surface area (Å²) in [4.78, 5) is 18.5. The Morgan fingerprint density at radius 2 is 2.07 bits per heavy atom. The molecule has 1 aromatic rings. The lowest BCUT2D eigenvalue weighted by atomic mass is 10.0. The highest BCUT2D eigenvalue weighted by Gasteiger charge is 2.43. The molecule has 0 saturated carbocycles. The topological polar surface area (TPSA) is 56.5 Å². The maximum atomic E-state index is 13.3. The Morgan fingerprint density at radius 1 is 1.32 bits per heavy atom. The highest BCUT2D eigenvalue weighted by molar-refractivity contribution is 8.14. The highest BCUT2D eigenvalue weighted by atomic mass is 32.2. The number of halogens is 3. The van der Waals surface area contributed by atoms with Crippen LogP contribution in [0.2, 0.25) is 0 Å². The number of nitrogens with zero attached hydrogens (tertiary/aromatic N) is 3. The second kappa shape index (κ2) is 7.47. The lowest BCUT2D eigenvalue weighted by molar-refractivity contribution is -0.137. The van der Waals surface area contributed by atoms with Gasteiger partial charge in [-0.1, -0.05) is 30.0 Å². The number of carbonyl (C=O) groups excluding carboxylic acids is 1. The van der Waals surface area contributed by atoms with Crippen LogP contribution in [0.5, 0.6) is 0 Å². The molecular weight excluding hydrogens is 387 g/mol. The molecule has 0 unspecified atom stereocenters. The predicted octanol–water partition coefficient (Wildman–Crippen LogP) is 5.07. The Kier molecular flexibility index (Phi) is 5.39. The molecule has 0 radical (unpaired) electrons. The Labute approximate surface area is 165 Å². The van der Waals surface area contributed by atoms with Crippen molar-refractivity contribution in [2.75, 3.05) is 10.7 Å². The van der Waals surface area contributed by atoms with Gasteiger partial charge in [0, 0.05) is 5.75 Å². The van der Waals surface area contributed by atoms with E-state index in [0.29, 0.717) is 10.9 Å². The number of carbonyl (C=O) groups is 1. The average molecular weight is 405 g/mol. The van der Waals surface area contributed by atoms with Gasteiger partial charge in [0.2, 0.25) is 0 Å². The Balaban J connectivity index is 1.95. The maximum absolute atomic E-state index is 13.3. The van der Waals surface area contributed by atoms with E-state index in [0.717, 1.165) is 30.5 Å². The van der Waals surface area contributed by atoms with Gasteiger partial charge >= 0.3 is 6.18 Å². The van der Waals surface area contributed by atoms with E-state index in [1.165, 1.54) is 22.7 Å². The van der Waals surface area contributed by atoms with Gasteiger partial charge in [-0.25, -0.2) is 4.99 Å². The van der Waals surface area contributed by atoms with Crippen LogP contribution in [0.4, 0.5) is 18.9 Å². The fourth-order valence-corrected chi connectivity index (χ4v) is 4.07. The molecule has 1 aliphatic heterocycles. The minimum atomic E-state index is -4.69. The van der Waals surface area contributed by atoms with Crippen molar-refractivity contribution in [2.45, 2.75) is 38.4 Å². The van der Waals surface area contributed by atoms with Gasteiger partial charge in [-0.05, 0) is 50.5 Å². The van der Waals surface area contributed by atoms with Crippen LogP contribution in [0.15, 0.2) is 47.0 Å². The van der Waals surface area contributed by atoms with Gasteiger partial charge in [0.25, 0.3) is 5.91 Å². The number of benzene rings is 1. The number of anilines is 1. The van der Waals surface area contributed by atoms with Gasteiger partial charge in [0.15, 0.2) is 5.17 Å². The summed E-state index contributed by atoms with van der Waals surface area (Å²) in [5.74, 6) is 0.165. The van der Waals surface area contributed by atoms with Gasteiger partial charge in [-0.15, -0.1) is 0 Å². The molecule has 0 N–H and O–H groups in total. The van der Waals surface area contributed by atoms with Gasteiger partial charge in [-0.2, -0.15) is 18.4 Å². The average Bonchev–Trinajstić information content (AvgIpc) is 2.88. The van der Waals surface area contributed by atoms with Gasteiger partial charge in [0.1, 0.15) is 5.54 Å². The van der Waals surface area contributed by atoms with Crippen molar-refractivity contribution in [1.29, 1.82) is 5.26 Å². The second-order valence-corrected chi connectivity index (χ2v) is 7.92. The summed E-state index contributed by atoms with van der Waals surface area (Å²) >= 11 is 1.31. The minimum absolute atomic E-state index is 0.0568. The fourth-order valence-electron chi connectivity index (χ4n) is 2.95. The molecule has 146 valence electrons. The standard InChI is InChI=1S/C20H18F3N3OS/c1-19(2)17(27)26(18(25-19)28-12-13-6-4-3-5-7-13)15-9-8-14(11-24)16(10-15)20(21,22)23/h4,6-10H,3,5,12H2,1-2H3. The Morgan fingerprint density at radius 3 is 2.68 bits per heavy atom. The first kappa shape index (κ1) is 20.2. The number of alkyl halides is 3. The molecule has 0 aromatic heterocycles. The zero-order chi connectivity index (χ0) is 20.5. The monoisotopic (exact) mass is 405 g/mol. The molecule has 1 amide bonds. The largest absolute Gasteiger partial charge is 0.417 e. The third-order valence-corrected chi connectivity index (χ3v) is 5.43. The smallest absolute Gasteiger partial charge is 0.271 e. The summed E-state index contributed by atoms with van der Waals surface area (Å²) in [6.07, 6.45) is 3.41. The predicted molar refractivity (Wildman–Crippen MR) is 104 cm³/mol. The molecule has 3 rings (SSSR count). The van der Waals surface area contributed by atoms with Crippen molar-refractivity contribution >= 4 is 28.5 Å². The summed E-state index contributed by atoms with van der Waals surface area (Å²) < 4.78 is 40.0. The van der Waals surface area contributed by atoms with E-state index in [2.05, 4.69) is 17.1 Å². The third kappa shape index (κ3) is 3.99. The Hall–Kier alpha value is -2.53. The van der Waals surface area contributed by atoms with Crippen LogP contribution in [0, 0.1) is 11.3 Å². The van der Waals surface area contributed by atoms with E-state index >= 15 is 0 Å². The molecule has 8 heteroatoms. The number of hydrogen-bond acceptors (Lipinski definition) is 4. The van der Waals surface area contributed by atoms with Crippen LogP contribution in [0.25, 0.3) is 0 Å². The van der Waals surface area contributed by atoms with E-state index in [4.69, 9.17) is 5.26 Å². The van der Waals surface area contributed by atoms with Crippen molar-refractivity contribution in [3.8, 4) is 6.07 Å². The Bertz CT molecular complexity index is 939. The van der Waals surface area contributed by atoms with Crippen molar-refractivity contribution in [1.82, 2.24) is 0 Å². The van der Waals surface area contributed by atoms with E-state index < -0.39 is 28.7 Å². The van der Waals surface area contributed by atoms with E-state index in [1.54, 1.807) is 19.9 Å². The quantitative estimate of drug-likeness (QED) is 0.706. The lowest BCUT2D eigenvalue weighted by Crippen LogP contribution is -2.38. The molecule has 28 heavy (non-hydrogen) atoms. The summed E-state index contributed by atoms with van der Waals surface area (Å²) in [5, 5.41) is 9.34. The zero-order valence-corrected chi connectivity index (χ0v) is 16.2. The number of hydrogen-bond donors (Lipinski definition) is 0. The van der Waals surface area contributed by atoms with Crippen molar-refractivity contribution in [2.24, 2.45) is 4.99 Å². The van der Waals surface area contributed by atoms with Crippen LogP contribution < -0.4 is 4.90 Å². The van der Waals surface area contributed by atoms with E-state index in [-0.39, 0.29) is 5.69 Å². The molecule has 1 heterocycles. The van der Waals surface area contributed by atoms with Gasteiger partial charge in [-0.3, -0.25) is 9.69 Å². The van der Waals surface area contributed by atoms with Crippen LogP contribution in [0.3, 0.4) is 0 Å². The number of rotatable bonds is 3. The van der Waals surface area contributed by atoms with Crippen molar-refractivity contribution < 1.29 is 18.0 Å². The number of thioether (sulfide) groups is 1. The van der Waals surface area contributed by atoms with Crippen LogP contribution >= 0.6 is 11.8 Å². The first-order chi connectivity index (χ1) is 13.1. The maximum Gasteiger partial charge on any atom is 0.417 e. The van der Waals surface area contributed by atoms with E-state index in [1.807, 2.05) is 6.08 Å². The highest BCUT2D eigenvalue weighted by Crippen LogP contribution is 2.38. The van der Waals surface area contributed by atoms with Crippen LogP contribution in [-0.4, -0.2) is 22.4 Å². The van der Waals surface area contributed by atoms with Gasteiger partial charge < -0.3 is 0 Å². The number of nitriles is 1. The van der Waals surface area contributed by atoms with Crippen molar-refractivity contribution in [3.05, 3.63) is 53.1 Å². The van der Waals surface area contributed by atoms with Crippen LogP contribution in [0.1, 0.15) is 37.8 Å². The van der Waals surface area contributed by atoms with Gasteiger partial charge in [0.05, 0.1) is 22.9 Å².